The lowest BCUT2D eigenvalue weighted by Crippen LogP contribution is -2.18. The lowest BCUT2D eigenvalue weighted by atomic mass is 9.84. The summed E-state index contributed by atoms with van der Waals surface area (Å²) in [7, 11) is 1.64. The maximum absolute atomic E-state index is 5.10. The van der Waals surface area contributed by atoms with Gasteiger partial charge in [0.25, 0.3) is 0 Å². The predicted molar refractivity (Wildman–Crippen MR) is 50.6 cm³/mol. The smallest absolute Gasteiger partial charge is 0.208 e. The van der Waals surface area contributed by atoms with E-state index >= 15 is 0 Å². The minimum Gasteiger partial charge on any atom is -0.483 e. The standard InChI is InChI=1S/C9H16N2O/c1-7-5-9(2,3)6-8(12-4)11-10-7/h5-6H2,1-4H3. The van der Waals surface area contributed by atoms with Gasteiger partial charge in [-0.15, -0.1) is 5.10 Å². The Labute approximate surface area is 73.5 Å². The van der Waals surface area contributed by atoms with E-state index in [2.05, 4.69) is 24.1 Å². The van der Waals surface area contributed by atoms with Crippen LogP contribution in [0, 0.1) is 5.41 Å². The molecular weight excluding hydrogens is 152 g/mol. The fraction of sp³-hybridized carbons (Fsp3) is 0.778. The van der Waals surface area contributed by atoms with E-state index in [0.717, 1.165) is 24.5 Å². The van der Waals surface area contributed by atoms with Crippen molar-refractivity contribution in [3.05, 3.63) is 0 Å². The van der Waals surface area contributed by atoms with Gasteiger partial charge in [-0.2, -0.15) is 5.10 Å². The average Bonchev–Trinajstić information content (AvgIpc) is 2.07. The minimum absolute atomic E-state index is 0.221. The zero-order valence-electron chi connectivity index (χ0n) is 8.22. The monoisotopic (exact) mass is 168 g/mol. The Morgan fingerprint density at radius 3 is 2.50 bits per heavy atom. The molecule has 1 aliphatic rings. The Balaban J connectivity index is 2.83. The van der Waals surface area contributed by atoms with Crippen LogP contribution in [0.2, 0.25) is 0 Å². The molecule has 0 unspecified atom stereocenters. The second-order valence-corrected chi connectivity index (χ2v) is 4.05. The van der Waals surface area contributed by atoms with Gasteiger partial charge in [0.1, 0.15) is 0 Å². The van der Waals surface area contributed by atoms with Gasteiger partial charge in [-0.25, -0.2) is 0 Å². The van der Waals surface area contributed by atoms with Crippen LogP contribution < -0.4 is 0 Å². The largest absolute Gasteiger partial charge is 0.483 e. The highest BCUT2D eigenvalue weighted by molar-refractivity contribution is 5.86. The Bertz CT molecular complexity index is 229. The molecule has 68 valence electrons. The van der Waals surface area contributed by atoms with E-state index in [1.54, 1.807) is 7.11 Å². The van der Waals surface area contributed by atoms with Crippen LogP contribution in [0.25, 0.3) is 0 Å². The predicted octanol–water partition coefficient (Wildman–Crippen LogP) is 2.23. The fourth-order valence-corrected chi connectivity index (χ4v) is 1.49. The summed E-state index contributed by atoms with van der Waals surface area (Å²) in [5.41, 5.74) is 1.30. The van der Waals surface area contributed by atoms with Crippen LogP contribution in [0.5, 0.6) is 0 Å². The normalized spacial score (nSPS) is 22.3. The third kappa shape index (κ3) is 2.32. The third-order valence-electron chi connectivity index (χ3n) is 1.93. The van der Waals surface area contributed by atoms with Crippen molar-refractivity contribution >= 4 is 11.6 Å². The number of hydrogen-bond donors (Lipinski definition) is 0. The zero-order valence-corrected chi connectivity index (χ0v) is 8.22. The van der Waals surface area contributed by atoms with Gasteiger partial charge in [0.2, 0.25) is 5.90 Å². The summed E-state index contributed by atoms with van der Waals surface area (Å²) in [6.07, 6.45) is 1.85. The van der Waals surface area contributed by atoms with Crippen molar-refractivity contribution < 1.29 is 4.74 Å². The van der Waals surface area contributed by atoms with Crippen molar-refractivity contribution in [3.8, 4) is 0 Å². The molecule has 0 atom stereocenters. The van der Waals surface area contributed by atoms with Crippen molar-refractivity contribution in [3.63, 3.8) is 0 Å². The van der Waals surface area contributed by atoms with Gasteiger partial charge in [-0.1, -0.05) is 13.8 Å². The van der Waals surface area contributed by atoms with Gasteiger partial charge >= 0.3 is 0 Å². The quantitative estimate of drug-likeness (QED) is 0.546. The topological polar surface area (TPSA) is 34.0 Å². The van der Waals surface area contributed by atoms with Crippen LogP contribution >= 0.6 is 0 Å². The van der Waals surface area contributed by atoms with E-state index in [0.29, 0.717) is 0 Å². The first-order valence-corrected chi connectivity index (χ1v) is 4.17. The molecule has 12 heavy (non-hydrogen) atoms. The average molecular weight is 168 g/mol. The lowest BCUT2D eigenvalue weighted by molar-refractivity contribution is 0.332. The molecule has 0 bridgehead atoms. The number of hydrogen-bond acceptors (Lipinski definition) is 3. The van der Waals surface area contributed by atoms with Gasteiger partial charge < -0.3 is 4.74 Å². The van der Waals surface area contributed by atoms with Crippen LogP contribution in [0.3, 0.4) is 0 Å². The summed E-state index contributed by atoms with van der Waals surface area (Å²) in [5.74, 6) is 0.733. The minimum atomic E-state index is 0.221. The summed E-state index contributed by atoms with van der Waals surface area (Å²) < 4.78 is 5.10. The van der Waals surface area contributed by atoms with Crippen molar-refractivity contribution in [1.82, 2.24) is 0 Å². The second kappa shape index (κ2) is 3.25. The Morgan fingerprint density at radius 2 is 1.92 bits per heavy atom. The summed E-state index contributed by atoms with van der Waals surface area (Å²) in [6, 6.07) is 0. The highest BCUT2D eigenvalue weighted by Crippen LogP contribution is 2.28. The van der Waals surface area contributed by atoms with E-state index in [-0.39, 0.29) is 5.41 Å². The Morgan fingerprint density at radius 1 is 1.25 bits per heavy atom. The molecule has 0 aromatic carbocycles. The maximum atomic E-state index is 5.10. The Kier molecular flexibility index (Phi) is 2.50. The molecule has 0 amide bonds. The second-order valence-electron chi connectivity index (χ2n) is 4.05. The molecule has 3 nitrogen and oxygen atoms in total. The molecule has 1 heterocycles. The molecule has 0 saturated carbocycles. The van der Waals surface area contributed by atoms with Gasteiger partial charge in [0, 0.05) is 12.1 Å². The first kappa shape index (κ1) is 9.23. The van der Waals surface area contributed by atoms with Crippen molar-refractivity contribution in [2.75, 3.05) is 7.11 Å². The lowest BCUT2D eigenvalue weighted by Gasteiger charge is -2.21. The summed E-state index contributed by atoms with van der Waals surface area (Å²) in [5, 5.41) is 8.05. The first-order valence-electron chi connectivity index (χ1n) is 4.17. The summed E-state index contributed by atoms with van der Waals surface area (Å²) in [4.78, 5) is 0. The van der Waals surface area contributed by atoms with E-state index in [1.165, 1.54) is 0 Å². The van der Waals surface area contributed by atoms with Crippen LogP contribution in [-0.4, -0.2) is 18.7 Å². The molecule has 0 aliphatic carbocycles. The van der Waals surface area contributed by atoms with Crippen LogP contribution in [0.15, 0.2) is 10.2 Å². The molecular formula is C9H16N2O. The number of methoxy groups -OCH3 is 1. The first-order chi connectivity index (χ1) is 5.53. The fourth-order valence-electron chi connectivity index (χ4n) is 1.49. The van der Waals surface area contributed by atoms with Gasteiger partial charge in [0.15, 0.2) is 0 Å². The van der Waals surface area contributed by atoms with Crippen molar-refractivity contribution in [2.45, 2.75) is 33.6 Å². The van der Waals surface area contributed by atoms with E-state index < -0.39 is 0 Å². The number of nitrogens with zero attached hydrogens (tertiary/aromatic N) is 2. The molecule has 0 radical (unpaired) electrons. The number of rotatable bonds is 0. The molecule has 3 heteroatoms. The van der Waals surface area contributed by atoms with Crippen molar-refractivity contribution in [1.29, 1.82) is 0 Å². The summed E-state index contributed by atoms with van der Waals surface area (Å²) in [6.45, 7) is 6.40. The Hall–Kier alpha value is -0.860. The SMILES string of the molecule is COC1=NN=C(C)CC(C)(C)C1. The zero-order chi connectivity index (χ0) is 9.19. The van der Waals surface area contributed by atoms with E-state index in [1.807, 2.05) is 6.92 Å². The van der Waals surface area contributed by atoms with Crippen LogP contribution in [0.4, 0.5) is 0 Å². The molecule has 0 spiro atoms. The molecule has 0 aromatic rings. The van der Waals surface area contributed by atoms with Crippen LogP contribution in [0.1, 0.15) is 33.6 Å². The molecule has 0 aromatic heterocycles. The molecule has 0 N–H and O–H groups in total. The highest BCUT2D eigenvalue weighted by Gasteiger charge is 2.24. The molecule has 1 rings (SSSR count). The van der Waals surface area contributed by atoms with Crippen molar-refractivity contribution in [2.24, 2.45) is 15.6 Å². The molecule has 0 fully saturated rings. The van der Waals surface area contributed by atoms with Gasteiger partial charge in [-0.05, 0) is 18.8 Å². The van der Waals surface area contributed by atoms with Gasteiger partial charge in [0.05, 0.1) is 7.11 Å². The van der Waals surface area contributed by atoms with E-state index in [9.17, 15) is 0 Å². The molecule has 0 saturated heterocycles. The number of ether oxygens (including phenoxy) is 1. The van der Waals surface area contributed by atoms with Gasteiger partial charge in [-0.3, -0.25) is 0 Å². The maximum Gasteiger partial charge on any atom is 0.208 e. The summed E-state index contributed by atoms with van der Waals surface area (Å²) >= 11 is 0. The third-order valence-corrected chi connectivity index (χ3v) is 1.93. The molecule has 1 aliphatic heterocycles. The van der Waals surface area contributed by atoms with E-state index in [4.69, 9.17) is 4.74 Å². The van der Waals surface area contributed by atoms with Crippen LogP contribution in [-0.2, 0) is 4.74 Å². The highest BCUT2D eigenvalue weighted by atomic mass is 16.5.